The van der Waals surface area contributed by atoms with Gasteiger partial charge in [0, 0.05) is 12.1 Å². The van der Waals surface area contributed by atoms with Gasteiger partial charge in [0.15, 0.2) is 5.60 Å². The van der Waals surface area contributed by atoms with Crippen LogP contribution in [-0.4, -0.2) is 24.7 Å². The number of methoxy groups -OCH3 is 1. The Balaban J connectivity index is 2.25. The number of carbonyl (C=O) groups is 1. The van der Waals surface area contributed by atoms with Crippen LogP contribution in [0.15, 0.2) is 48.5 Å². The molecule has 1 aliphatic heterocycles. The van der Waals surface area contributed by atoms with E-state index in [4.69, 9.17) is 4.74 Å². The van der Waals surface area contributed by atoms with Crippen LogP contribution in [0.4, 0.5) is 5.69 Å². The number of hydrogen-bond donors (Lipinski definition) is 1. The number of anilines is 1. The smallest absolute Gasteiger partial charge is 0.268 e. The van der Waals surface area contributed by atoms with E-state index in [-0.39, 0.29) is 5.91 Å². The molecule has 4 heteroatoms. The number of ether oxygens (including phenoxy) is 1. The van der Waals surface area contributed by atoms with Gasteiger partial charge in [0.1, 0.15) is 5.75 Å². The van der Waals surface area contributed by atoms with Crippen molar-refractivity contribution in [1.82, 2.24) is 0 Å². The normalized spacial score (nSPS) is 20.5. The number of aliphatic hydroxyl groups is 1. The minimum absolute atomic E-state index is 0.320. The number of carbonyl (C=O) groups excluding carboxylic acids is 1. The standard InChI is InChI=1S/C17H17NO3/c1-3-18-15-10-9-13(21-2)11-14(15)17(20,16(18)19)12-7-5-4-6-8-12/h4-11,20H,3H2,1-2H3. The van der Waals surface area contributed by atoms with Crippen molar-refractivity contribution in [3.05, 3.63) is 59.7 Å². The van der Waals surface area contributed by atoms with Crippen LogP contribution in [0.5, 0.6) is 5.75 Å². The highest BCUT2D eigenvalue weighted by Crippen LogP contribution is 2.45. The maximum absolute atomic E-state index is 12.8. The Morgan fingerprint density at radius 2 is 1.90 bits per heavy atom. The molecule has 0 aliphatic carbocycles. The predicted molar refractivity (Wildman–Crippen MR) is 80.5 cm³/mol. The van der Waals surface area contributed by atoms with Crippen molar-refractivity contribution in [2.75, 3.05) is 18.6 Å². The molecule has 0 saturated heterocycles. The van der Waals surface area contributed by atoms with E-state index in [0.29, 0.717) is 23.4 Å². The molecule has 0 bridgehead atoms. The van der Waals surface area contributed by atoms with Gasteiger partial charge in [-0.3, -0.25) is 4.79 Å². The molecular formula is C17H17NO3. The summed E-state index contributed by atoms with van der Waals surface area (Å²) in [6.07, 6.45) is 0. The Morgan fingerprint density at radius 3 is 2.52 bits per heavy atom. The van der Waals surface area contributed by atoms with Gasteiger partial charge in [-0.1, -0.05) is 30.3 Å². The first-order valence-corrected chi connectivity index (χ1v) is 6.91. The van der Waals surface area contributed by atoms with Crippen molar-refractivity contribution in [3.63, 3.8) is 0 Å². The summed E-state index contributed by atoms with van der Waals surface area (Å²) >= 11 is 0. The number of hydrogen-bond acceptors (Lipinski definition) is 3. The first-order chi connectivity index (χ1) is 10.1. The van der Waals surface area contributed by atoms with Crippen molar-refractivity contribution >= 4 is 11.6 Å². The van der Waals surface area contributed by atoms with Crippen LogP contribution in [0, 0.1) is 0 Å². The van der Waals surface area contributed by atoms with Crippen LogP contribution in [0.25, 0.3) is 0 Å². The second-order valence-electron chi connectivity index (χ2n) is 5.01. The first-order valence-electron chi connectivity index (χ1n) is 6.91. The number of amides is 1. The van der Waals surface area contributed by atoms with Gasteiger partial charge in [-0.05, 0) is 30.7 Å². The number of likely N-dealkylation sites (N-methyl/N-ethyl adjacent to an activating group) is 1. The van der Waals surface area contributed by atoms with Crippen molar-refractivity contribution in [3.8, 4) is 5.75 Å². The highest BCUT2D eigenvalue weighted by atomic mass is 16.5. The van der Waals surface area contributed by atoms with E-state index in [0.717, 1.165) is 5.69 Å². The van der Waals surface area contributed by atoms with Crippen LogP contribution in [0.3, 0.4) is 0 Å². The fourth-order valence-electron chi connectivity index (χ4n) is 2.86. The second-order valence-corrected chi connectivity index (χ2v) is 5.01. The Morgan fingerprint density at radius 1 is 1.19 bits per heavy atom. The van der Waals surface area contributed by atoms with Gasteiger partial charge in [0.05, 0.1) is 12.8 Å². The Bertz CT molecular complexity index is 684. The third-order valence-electron chi connectivity index (χ3n) is 3.95. The molecule has 1 heterocycles. The summed E-state index contributed by atoms with van der Waals surface area (Å²) in [4.78, 5) is 14.3. The summed E-state index contributed by atoms with van der Waals surface area (Å²) in [5, 5.41) is 11.2. The molecular weight excluding hydrogens is 266 g/mol. The maximum atomic E-state index is 12.8. The lowest BCUT2D eigenvalue weighted by Crippen LogP contribution is -2.41. The molecule has 1 atom stereocenters. The fraction of sp³-hybridized carbons (Fsp3) is 0.235. The molecule has 4 nitrogen and oxygen atoms in total. The second kappa shape index (κ2) is 4.90. The summed E-state index contributed by atoms with van der Waals surface area (Å²) in [5.41, 5.74) is 0.219. The molecule has 3 rings (SSSR count). The van der Waals surface area contributed by atoms with E-state index in [1.165, 1.54) is 0 Å². The minimum atomic E-state index is -1.65. The van der Waals surface area contributed by atoms with Crippen molar-refractivity contribution in [1.29, 1.82) is 0 Å². The molecule has 0 radical (unpaired) electrons. The molecule has 0 aromatic heterocycles. The van der Waals surface area contributed by atoms with E-state index in [1.54, 1.807) is 36.3 Å². The molecule has 2 aromatic carbocycles. The van der Waals surface area contributed by atoms with Crippen molar-refractivity contribution in [2.45, 2.75) is 12.5 Å². The van der Waals surface area contributed by atoms with Crippen LogP contribution in [0.2, 0.25) is 0 Å². The van der Waals surface area contributed by atoms with E-state index in [1.807, 2.05) is 31.2 Å². The van der Waals surface area contributed by atoms with E-state index < -0.39 is 5.60 Å². The zero-order valence-electron chi connectivity index (χ0n) is 12.0. The summed E-state index contributed by atoms with van der Waals surface area (Å²) < 4.78 is 5.23. The summed E-state index contributed by atoms with van der Waals surface area (Å²) in [7, 11) is 1.57. The maximum Gasteiger partial charge on any atom is 0.268 e. The predicted octanol–water partition coefficient (Wildman–Crippen LogP) is 2.30. The highest BCUT2D eigenvalue weighted by molar-refractivity contribution is 6.09. The minimum Gasteiger partial charge on any atom is -0.497 e. The van der Waals surface area contributed by atoms with Gasteiger partial charge in [-0.15, -0.1) is 0 Å². The average Bonchev–Trinajstić information content (AvgIpc) is 2.76. The van der Waals surface area contributed by atoms with Gasteiger partial charge >= 0.3 is 0 Å². The molecule has 1 N–H and O–H groups in total. The topological polar surface area (TPSA) is 49.8 Å². The van der Waals surface area contributed by atoms with Crippen LogP contribution < -0.4 is 9.64 Å². The number of nitrogens with zero attached hydrogens (tertiary/aromatic N) is 1. The van der Waals surface area contributed by atoms with Crippen LogP contribution >= 0.6 is 0 Å². The lowest BCUT2D eigenvalue weighted by Gasteiger charge is -2.23. The van der Waals surface area contributed by atoms with Crippen molar-refractivity contribution < 1.29 is 14.6 Å². The van der Waals surface area contributed by atoms with Crippen LogP contribution in [0.1, 0.15) is 18.1 Å². The van der Waals surface area contributed by atoms with E-state index in [2.05, 4.69) is 0 Å². The lowest BCUT2D eigenvalue weighted by atomic mass is 9.87. The fourth-order valence-corrected chi connectivity index (χ4v) is 2.86. The molecule has 1 unspecified atom stereocenters. The zero-order chi connectivity index (χ0) is 15.0. The quantitative estimate of drug-likeness (QED) is 0.940. The largest absolute Gasteiger partial charge is 0.497 e. The van der Waals surface area contributed by atoms with Gasteiger partial charge in [-0.25, -0.2) is 0 Å². The Labute approximate surface area is 123 Å². The lowest BCUT2D eigenvalue weighted by molar-refractivity contribution is -0.132. The number of benzene rings is 2. The van der Waals surface area contributed by atoms with Gasteiger partial charge in [0.25, 0.3) is 5.91 Å². The monoisotopic (exact) mass is 283 g/mol. The molecule has 108 valence electrons. The van der Waals surface area contributed by atoms with E-state index >= 15 is 0 Å². The Kier molecular flexibility index (Phi) is 3.18. The van der Waals surface area contributed by atoms with Crippen LogP contribution in [-0.2, 0) is 10.4 Å². The SMILES string of the molecule is CCN1C(=O)C(O)(c2ccccc2)c2cc(OC)ccc21. The van der Waals surface area contributed by atoms with Gasteiger partial charge in [0.2, 0.25) is 0 Å². The third-order valence-corrected chi connectivity index (χ3v) is 3.95. The number of fused-ring (bicyclic) bond motifs is 1. The molecule has 0 fully saturated rings. The molecule has 0 spiro atoms. The first kappa shape index (κ1) is 13.6. The molecule has 21 heavy (non-hydrogen) atoms. The molecule has 0 saturated carbocycles. The molecule has 1 amide bonds. The van der Waals surface area contributed by atoms with Crippen molar-refractivity contribution in [2.24, 2.45) is 0 Å². The molecule has 2 aromatic rings. The summed E-state index contributed by atoms with van der Waals surface area (Å²) in [6.45, 7) is 2.40. The zero-order valence-corrected chi connectivity index (χ0v) is 12.0. The number of rotatable bonds is 3. The Hall–Kier alpha value is -2.33. The third kappa shape index (κ3) is 1.83. The van der Waals surface area contributed by atoms with Gasteiger partial charge in [-0.2, -0.15) is 0 Å². The van der Waals surface area contributed by atoms with Gasteiger partial charge < -0.3 is 14.7 Å². The summed E-state index contributed by atoms with van der Waals surface area (Å²) in [6, 6.07) is 14.4. The molecule has 1 aliphatic rings. The average molecular weight is 283 g/mol. The summed E-state index contributed by atoms with van der Waals surface area (Å²) in [5.74, 6) is 0.299. The van der Waals surface area contributed by atoms with E-state index in [9.17, 15) is 9.90 Å². The highest BCUT2D eigenvalue weighted by Gasteiger charge is 2.50.